The van der Waals surface area contributed by atoms with E-state index in [1.165, 1.54) is 99.6 Å². The third-order valence-electron chi connectivity index (χ3n) is 8.78. The summed E-state index contributed by atoms with van der Waals surface area (Å²) in [4.78, 5) is 66.2. The molecule has 4 heterocycles. The minimum absolute atomic E-state index is 0.0124. The first-order chi connectivity index (χ1) is 27.8. The molecule has 2 aromatic carbocycles. The molecular formula is C36H38N10O12S2. The average Bonchev–Trinajstić information content (AvgIpc) is 3.62. The van der Waals surface area contributed by atoms with Gasteiger partial charge in [-0.2, -0.15) is 30.3 Å². The van der Waals surface area contributed by atoms with Gasteiger partial charge in [0.05, 0.1) is 22.2 Å². The van der Waals surface area contributed by atoms with Crippen molar-refractivity contribution in [2.45, 2.75) is 61.1 Å². The van der Waals surface area contributed by atoms with Crippen LogP contribution < -0.4 is 10.0 Å². The molecule has 3 N–H and O–H groups in total. The molecular weight excluding hydrogens is 829 g/mol. The first-order valence-electron chi connectivity index (χ1n) is 17.3. The summed E-state index contributed by atoms with van der Waals surface area (Å²) < 4.78 is 52.1. The number of carboxylic acid groups (broad SMARTS) is 1. The molecule has 0 saturated heterocycles. The van der Waals surface area contributed by atoms with E-state index in [0.29, 0.717) is 5.56 Å². The average molecular weight is 867 g/mol. The van der Waals surface area contributed by atoms with Crippen LogP contribution in [0.2, 0.25) is 0 Å². The third-order valence-corrected chi connectivity index (χ3v) is 11.0. The Balaban J connectivity index is 0.000000230. The second-order valence-corrected chi connectivity index (χ2v) is 18.4. The van der Waals surface area contributed by atoms with Crippen LogP contribution in [0, 0.1) is 0 Å². The van der Waals surface area contributed by atoms with Gasteiger partial charge in [0.1, 0.15) is 17.0 Å². The topological polar surface area (TPSA) is 296 Å². The largest absolute Gasteiger partial charge is 0.463 e. The molecule has 4 aromatic rings. The molecule has 316 valence electrons. The zero-order valence-corrected chi connectivity index (χ0v) is 34.5. The molecule has 2 aromatic heterocycles. The number of aromatic nitrogens is 4. The minimum Gasteiger partial charge on any atom is -0.463 e. The molecule has 0 bridgehead atoms. The van der Waals surface area contributed by atoms with Gasteiger partial charge in [-0.3, -0.25) is 30.0 Å². The van der Waals surface area contributed by atoms with E-state index in [0.717, 1.165) is 22.5 Å². The van der Waals surface area contributed by atoms with Crippen molar-refractivity contribution in [3.05, 3.63) is 96.8 Å². The molecule has 2 atom stereocenters. The number of ether oxygens (including phenoxy) is 1. The summed E-state index contributed by atoms with van der Waals surface area (Å²) in [5.74, 6) is -1.56. The maximum absolute atomic E-state index is 13.4. The van der Waals surface area contributed by atoms with E-state index in [1.54, 1.807) is 20.8 Å². The summed E-state index contributed by atoms with van der Waals surface area (Å²) >= 11 is 0. The van der Waals surface area contributed by atoms with E-state index in [-0.39, 0.29) is 48.5 Å². The lowest BCUT2D eigenvalue weighted by molar-refractivity contribution is -0.154. The summed E-state index contributed by atoms with van der Waals surface area (Å²) in [6.07, 6.45) is 7.21. The van der Waals surface area contributed by atoms with E-state index < -0.39 is 60.4 Å². The highest BCUT2D eigenvalue weighted by molar-refractivity contribution is 7.91. The van der Waals surface area contributed by atoms with E-state index in [1.807, 2.05) is 0 Å². The number of rotatable bonds is 8. The van der Waals surface area contributed by atoms with E-state index in [9.17, 15) is 51.5 Å². The Morgan fingerprint density at radius 1 is 0.667 bits per heavy atom. The summed E-state index contributed by atoms with van der Waals surface area (Å²) in [6.45, 7) is 7.33. The van der Waals surface area contributed by atoms with Crippen molar-refractivity contribution in [2.24, 2.45) is 10.2 Å². The molecule has 4 amide bonds. The quantitative estimate of drug-likeness (QED) is 0.169. The van der Waals surface area contributed by atoms with Gasteiger partial charge in [-0.1, -0.05) is 24.3 Å². The van der Waals surface area contributed by atoms with Crippen molar-refractivity contribution < 1.29 is 56.3 Å². The molecule has 2 aliphatic rings. The van der Waals surface area contributed by atoms with Crippen LogP contribution in [0.4, 0.5) is 21.2 Å². The normalized spacial score (nSPS) is 19.2. The van der Waals surface area contributed by atoms with E-state index >= 15 is 0 Å². The molecule has 0 spiro atoms. The Morgan fingerprint density at radius 2 is 1.03 bits per heavy atom. The van der Waals surface area contributed by atoms with Crippen molar-refractivity contribution in [1.29, 1.82) is 0 Å². The van der Waals surface area contributed by atoms with Crippen molar-refractivity contribution in [2.75, 3.05) is 22.5 Å². The van der Waals surface area contributed by atoms with Gasteiger partial charge in [0.25, 0.3) is 11.8 Å². The third kappa shape index (κ3) is 8.66. The number of sulfone groups is 2. The Bertz CT molecular complexity index is 2610. The van der Waals surface area contributed by atoms with Gasteiger partial charge < -0.3 is 9.84 Å². The maximum Gasteiger partial charge on any atom is 0.435 e. The number of hydroxylamine groups is 4. The van der Waals surface area contributed by atoms with Crippen LogP contribution >= 0.6 is 0 Å². The lowest BCUT2D eigenvalue weighted by Crippen LogP contribution is -2.59. The van der Waals surface area contributed by atoms with Gasteiger partial charge in [0.2, 0.25) is 0 Å². The smallest absolute Gasteiger partial charge is 0.435 e. The van der Waals surface area contributed by atoms with Crippen molar-refractivity contribution >= 4 is 66.7 Å². The predicted molar refractivity (Wildman–Crippen MR) is 210 cm³/mol. The summed E-state index contributed by atoms with van der Waals surface area (Å²) in [6, 6.07) is 10.9. The number of carbonyl (C=O) groups is 4. The summed E-state index contributed by atoms with van der Waals surface area (Å²) in [5.41, 5.74) is -4.58. The molecule has 2 aliphatic heterocycles. The van der Waals surface area contributed by atoms with Crippen LogP contribution in [0.3, 0.4) is 0 Å². The van der Waals surface area contributed by atoms with Crippen molar-refractivity contribution in [3.63, 3.8) is 0 Å². The van der Waals surface area contributed by atoms with Crippen LogP contribution in [-0.2, 0) is 34.0 Å². The first-order valence-corrected chi connectivity index (χ1v) is 21.0. The molecule has 0 saturated carbocycles. The number of hydrogen-bond acceptors (Lipinski definition) is 17. The maximum atomic E-state index is 13.4. The number of nitrogens with zero attached hydrogens (tertiary/aromatic N) is 10. The number of carbonyl (C=O) groups excluding carboxylic acids is 3. The Labute approximate surface area is 342 Å². The monoisotopic (exact) mass is 866 g/mol. The minimum atomic E-state index is -3.46. The Hall–Kier alpha value is -6.76. The highest BCUT2D eigenvalue weighted by atomic mass is 32.2. The zero-order valence-electron chi connectivity index (χ0n) is 32.9. The predicted octanol–water partition coefficient (Wildman–Crippen LogP) is 2.77. The molecule has 60 heavy (non-hydrogen) atoms. The number of anilines is 2. The van der Waals surface area contributed by atoms with Crippen LogP contribution in [0.15, 0.2) is 106 Å². The molecule has 0 radical (unpaired) electrons. The van der Waals surface area contributed by atoms with Crippen LogP contribution in [0.25, 0.3) is 0 Å². The van der Waals surface area contributed by atoms with Gasteiger partial charge in [-0.25, -0.2) is 36.4 Å². The van der Waals surface area contributed by atoms with Gasteiger partial charge in [-0.15, -0.1) is 0 Å². The fourth-order valence-electron chi connectivity index (χ4n) is 5.67. The fraction of sp³-hybridized carbons (Fsp3) is 0.278. The number of hydrazone groups is 2. The van der Waals surface area contributed by atoms with Crippen LogP contribution in [0.1, 0.15) is 45.7 Å². The molecule has 0 aliphatic carbocycles. The van der Waals surface area contributed by atoms with Gasteiger partial charge in [-0.05, 0) is 58.9 Å². The second kappa shape index (κ2) is 16.1. The Kier molecular flexibility index (Phi) is 11.9. The lowest BCUT2D eigenvalue weighted by Gasteiger charge is -2.33. The number of benzene rings is 2. The van der Waals surface area contributed by atoms with Crippen molar-refractivity contribution in [3.8, 4) is 0 Å². The number of amides is 4. The molecule has 22 nitrogen and oxygen atoms in total. The van der Waals surface area contributed by atoms with Gasteiger partial charge >= 0.3 is 12.2 Å². The highest BCUT2D eigenvalue weighted by Gasteiger charge is 2.57. The van der Waals surface area contributed by atoms with E-state index in [4.69, 9.17) is 4.74 Å². The molecule has 6 rings (SSSR count). The second-order valence-electron chi connectivity index (χ2n) is 14.4. The van der Waals surface area contributed by atoms with Gasteiger partial charge in [0.15, 0.2) is 42.4 Å². The zero-order chi connectivity index (χ0) is 44.6. The lowest BCUT2D eigenvalue weighted by atomic mass is 9.90. The SMILES string of the molecule is CC(C)(C)OC(=O)N(O)C1(C)C(=O)N(c2cnccn2)N=C1c1ccc(S(C)(=O)=O)cc1.CC1(N(O)C(=O)O)C(=O)N(c2cnccn2)N=C1c1ccc(S(C)(=O)=O)cc1. The molecule has 2 unspecified atom stereocenters. The first kappa shape index (κ1) is 44.3. The van der Waals surface area contributed by atoms with E-state index in [2.05, 4.69) is 30.1 Å². The van der Waals surface area contributed by atoms with Crippen molar-refractivity contribution in [1.82, 2.24) is 30.1 Å². The molecule has 24 heteroatoms. The van der Waals surface area contributed by atoms with Gasteiger partial charge in [0, 0.05) is 48.4 Å². The highest BCUT2D eigenvalue weighted by Crippen LogP contribution is 2.34. The fourth-order valence-corrected chi connectivity index (χ4v) is 6.93. The van der Waals surface area contributed by atoms with Crippen LogP contribution in [-0.4, -0.2) is 127 Å². The standard InChI is InChI=1S/C20H23N5O6S.C16H15N5O6S/c1-19(2,3)31-18(27)25(28)20(4)16(13-6-8-14(9-7-13)32(5,29)30)23-24(17(20)26)15-12-21-10-11-22-15;1-16(21(25)15(23)24)13(10-3-5-11(6-4-10)28(2,26)27)19-20(14(16)22)12-9-17-7-8-18-12/h6-12,28H,1-5H3;3-9,25H,1-2H3,(H,23,24). The summed E-state index contributed by atoms with van der Waals surface area (Å²) in [5, 5.41) is 40.4. The van der Waals surface area contributed by atoms with Crippen LogP contribution in [0.5, 0.6) is 0 Å². The molecule has 0 fully saturated rings. The summed E-state index contributed by atoms with van der Waals surface area (Å²) in [7, 11) is -6.91. The Morgan fingerprint density at radius 3 is 1.33 bits per heavy atom. The number of hydrogen-bond donors (Lipinski definition) is 3.